The van der Waals surface area contributed by atoms with Gasteiger partial charge in [0.25, 0.3) is 0 Å². The Morgan fingerprint density at radius 1 is 0.900 bits per heavy atom. The van der Waals surface area contributed by atoms with Crippen LogP contribution in [0.4, 0.5) is 11.4 Å². The van der Waals surface area contributed by atoms with Gasteiger partial charge in [0.05, 0.1) is 5.69 Å². The minimum absolute atomic E-state index is 0.432. The normalized spacial score (nSPS) is 10.3. The molecule has 0 atom stereocenters. The van der Waals surface area contributed by atoms with Gasteiger partial charge in [0, 0.05) is 11.8 Å². The standard InChI is InChI=1S/C16H20N2O2/c1-11-6-7-13(10-14(11)17)19-8-9-20-15-5-3-4-12(2)16(15)18/h3-7,10H,8-9,17-18H2,1-2H3. The lowest BCUT2D eigenvalue weighted by atomic mass is 10.2. The van der Waals surface area contributed by atoms with Gasteiger partial charge in [0.2, 0.25) is 0 Å². The Morgan fingerprint density at radius 3 is 2.40 bits per heavy atom. The Balaban J connectivity index is 1.84. The first-order valence-electron chi connectivity index (χ1n) is 6.54. The van der Waals surface area contributed by atoms with Crippen LogP contribution in [0.1, 0.15) is 11.1 Å². The molecular weight excluding hydrogens is 252 g/mol. The summed E-state index contributed by atoms with van der Waals surface area (Å²) in [5.74, 6) is 1.44. The third-order valence-electron chi connectivity index (χ3n) is 3.14. The highest BCUT2D eigenvalue weighted by Crippen LogP contribution is 2.24. The molecule has 2 aromatic carbocycles. The van der Waals surface area contributed by atoms with Crippen LogP contribution in [0.5, 0.6) is 11.5 Å². The molecule has 20 heavy (non-hydrogen) atoms. The highest BCUT2D eigenvalue weighted by molar-refractivity contribution is 5.57. The van der Waals surface area contributed by atoms with E-state index in [2.05, 4.69) is 0 Å². The average molecular weight is 272 g/mol. The van der Waals surface area contributed by atoms with E-state index in [0.29, 0.717) is 24.7 Å². The molecule has 0 aliphatic rings. The van der Waals surface area contributed by atoms with Crippen molar-refractivity contribution in [1.29, 1.82) is 0 Å². The van der Waals surface area contributed by atoms with Crippen LogP contribution < -0.4 is 20.9 Å². The van der Waals surface area contributed by atoms with Crippen LogP contribution in [0.15, 0.2) is 36.4 Å². The van der Waals surface area contributed by atoms with Gasteiger partial charge in [0.1, 0.15) is 24.7 Å². The van der Waals surface area contributed by atoms with Crippen molar-refractivity contribution in [1.82, 2.24) is 0 Å². The Morgan fingerprint density at radius 2 is 1.65 bits per heavy atom. The first-order chi connectivity index (χ1) is 9.58. The molecule has 0 aromatic heterocycles. The number of ether oxygens (including phenoxy) is 2. The first kappa shape index (κ1) is 14.1. The van der Waals surface area contributed by atoms with E-state index in [9.17, 15) is 0 Å². The minimum atomic E-state index is 0.432. The summed E-state index contributed by atoms with van der Waals surface area (Å²) in [5.41, 5.74) is 15.2. The quantitative estimate of drug-likeness (QED) is 0.648. The van der Waals surface area contributed by atoms with Crippen molar-refractivity contribution in [2.75, 3.05) is 24.7 Å². The van der Waals surface area contributed by atoms with E-state index in [4.69, 9.17) is 20.9 Å². The second-order valence-electron chi connectivity index (χ2n) is 4.70. The molecule has 0 radical (unpaired) electrons. The monoisotopic (exact) mass is 272 g/mol. The van der Waals surface area contributed by atoms with Crippen LogP contribution in [0.2, 0.25) is 0 Å². The zero-order chi connectivity index (χ0) is 14.5. The lowest BCUT2D eigenvalue weighted by molar-refractivity contribution is 0.218. The van der Waals surface area contributed by atoms with Gasteiger partial charge in [-0.1, -0.05) is 18.2 Å². The zero-order valence-electron chi connectivity index (χ0n) is 11.8. The van der Waals surface area contributed by atoms with E-state index in [0.717, 1.165) is 22.6 Å². The molecule has 0 amide bonds. The third kappa shape index (κ3) is 3.35. The number of hydrogen-bond donors (Lipinski definition) is 2. The molecular formula is C16H20N2O2. The molecule has 0 saturated heterocycles. The fourth-order valence-corrected chi connectivity index (χ4v) is 1.80. The molecule has 106 valence electrons. The molecule has 2 rings (SSSR count). The largest absolute Gasteiger partial charge is 0.490 e. The van der Waals surface area contributed by atoms with E-state index >= 15 is 0 Å². The fourth-order valence-electron chi connectivity index (χ4n) is 1.80. The molecule has 4 N–H and O–H groups in total. The summed E-state index contributed by atoms with van der Waals surface area (Å²) >= 11 is 0. The Hall–Kier alpha value is -2.36. The van der Waals surface area contributed by atoms with Crippen molar-refractivity contribution in [3.63, 3.8) is 0 Å². The maximum absolute atomic E-state index is 5.93. The summed E-state index contributed by atoms with van der Waals surface area (Å²) in [5, 5.41) is 0. The number of rotatable bonds is 5. The van der Waals surface area contributed by atoms with Crippen LogP contribution in [0.3, 0.4) is 0 Å². The number of para-hydroxylation sites is 1. The molecule has 0 fully saturated rings. The SMILES string of the molecule is Cc1ccc(OCCOc2cccc(C)c2N)cc1N. The molecule has 0 spiro atoms. The lowest BCUT2D eigenvalue weighted by Crippen LogP contribution is -2.10. The Labute approximate surface area is 119 Å². The fraction of sp³-hybridized carbons (Fsp3) is 0.250. The third-order valence-corrected chi connectivity index (χ3v) is 3.14. The van der Waals surface area contributed by atoms with E-state index < -0.39 is 0 Å². The van der Waals surface area contributed by atoms with Crippen molar-refractivity contribution in [3.8, 4) is 11.5 Å². The van der Waals surface area contributed by atoms with Crippen molar-refractivity contribution < 1.29 is 9.47 Å². The summed E-state index contributed by atoms with van der Waals surface area (Å²) in [4.78, 5) is 0. The van der Waals surface area contributed by atoms with Crippen molar-refractivity contribution in [2.24, 2.45) is 0 Å². The molecule has 4 nitrogen and oxygen atoms in total. The van der Waals surface area contributed by atoms with Gasteiger partial charge < -0.3 is 20.9 Å². The number of nitrogen functional groups attached to an aromatic ring is 2. The van der Waals surface area contributed by atoms with Gasteiger partial charge in [-0.15, -0.1) is 0 Å². The molecule has 4 heteroatoms. The van der Waals surface area contributed by atoms with Crippen LogP contribution in [-0.4, -0.2) is 13.2 Å². The van der Waals surface area contributed by atoms with E-state index in [1.807, 2.05) is 50.2 Å². The average Bonchev–Trinajstić information content (AvgIpc) is 2.43. The van der Waals surface area contributed by atoms with Gasteiger partial charge in [-0.2, -0.15) is 0 Å². The summed E-state index contributed by atoms with van der Waals surface area (Å²) in [6.07, 6.45) is 0. The maximum Gasteiger partial charge on any atom is 0.142 e. The predicted octanol–water partition coefficient (Wildman–Crippen LogP) is 2.93. The second-order valence-corrected chi connectivity index (χ2v) is 4.70. The zero-order valence-corrected chi connectivity index (χ0v) is 11.8. The highest BCUT2D eigenvalue weighted by atomic mass is 16.5. The number of aryl methyl sites for hydroxylation is 2. The first-order valence-corrected chi connectivity index (χ1v) is 6.54. The Bertz CT molecular complexity index is 597. The minimum Gasteiger partial charge on any atom is -0.490 e. The summed E-state index contributed by atoms with van der Waals surface area (Å²) < 4.78 is 11.2. The van der Waals surface area contributed by atoms with Crippen molar-refractivity contribution in [2.45, 2.75) is 13.8 Å². The van der Waals surface area contributed by atoms with Crippen molar-refractivity contribution in [3.05, 3.63) is 47.5 Å². The van der Waals surface area contributed by atoms with Gasteiger partial charge in [-0.3, -0.25) is 0 Å². The maximum atomic E-state index is 5.93. The molecule has 0 unspecified atom stereocenters. The Kier molecular flexibility index (Phi) is 4.35. The molecule has 0 heterocycles. The number of benzene rings is 2. The van der Waals surface area contributed by atoms with Crippen LogP contribution in [0.25, 0.3) is 0 Å². The molecule has 0 saturated carbocycles. The van der Waals surface area contributed by atoms with Crippen LogP contribution in [-0.2, 0) is 0 Å². The van der Waals surface area contributed by atoms with E-state index in [1.165, 1.54) is 0 Å². The van der Waals surface area contributed by atoms with E-state index in [1.54, 1.807) is 0 Å². The molecule has 0 aliphatic carbocycles. The summed E-state index contributed by atoms with van der Waals surface area (Å²) in [7, 11) is 0. The van der Waals surface area contributed by atoms with Crippen molar-refractivity contribution >= 4 is 11.4 Å². The van der Waals surface area contributed by atoms with Crippen LogP contribution in [0, 0.1) is 13.8 Å². The van der Waals surface area contributed by atoms with Crippen LogP contribution >= 0.6 is 0 Å². The summed E-state index contributed by atoms with van der Waals surface area (Å²) in [6, 6.07) is 11.4. The molecule has 0 bridgehead atoms. The van der Waals surface area contributed by atoms with Gasteiger partial charge >= 0.3 is 0 Å². The highest BCUT2D eigenvalue weighted by Gasteiger charge is 2.03. The van der Waals surface area contributed by atoms with Gasteiger partial charge in [-0.05, 0) is 37.1 Å². The van der Waals surface area contributed by atoms with E-state index in [-0.39, 0.29) is 0 Å². The van der Waals surface area contributed by atoms with Gasteiger partial charge in [0.15, 0.2) is 0 Å². The second kappa shape index (κ2) is 6.19. The number of hydrogen-bond acceptors (Lipinski definition) is 4. The molecule has 0 aliphatic heterocycles. The smallest absolute Gasteiger partial charge is 0.142 e. The topological polar surface area (TPSA) is 70.5 Å². The number of anilines is 2. The van der Waals surface area contributed by atoms with Gasteiger partial charge in [-0.25, -0.2) is 0 Å². The summed E-state index contributed by atoms with van der Waals surface area (Å²) in [6.45, 7) is 4.79. The molecule has 2 aromatic rings. The number of nitrogens with two attached hydrogens (primary N) is 2. The lowest BCUT2D eigenvalue weighted by Gasteiger charge is -2.12. The predicted molar refractivity (Wildman–Crippen MR) is 82.2 cm³/mol.